The zero-order valence-electron chi connectivity index (χ0n) is 13.5. The van der Waals surface area contributed by atoms with E-state index in [0.717, 1.165) is 36.3 Å². The van der Waals surface area contributed by atoms with Crippen LogP contribution in [0.25, 0.3) is 0 Å². The highest BCUT2D eigenvalue weighted by molar-refractivity contribution is 7.99. The van der Waals surface area contributed by atoms with E-state index in [9.17, 15) is 22.8 Å². The van der Waals surface area contributed by atoms with E-state index in [1.807, 2.05) is 6.92 Å². The Morgan fingerprint density at radius 2 is 1.92 bits per heavy atom. The van der Waals surface area contributed by atoms with E-state index >= 15 is 0 Å². The SMILES string of the molecule is CCSC1CCCCC1NC(=O)N1C[C@@H](C(F)(F)F)[C@H](C(=O)O)C1. The Morgan fingerprint density at radius 1 is 1.25 bits per heavy atom. The number of carbonyl (C=O) groups is 2. The summed E-state index contributed by atoms with van der Waals surface area (Å²) in [5.74, 6) is -4.20. The minimum Gasteiger partial charge on any atom is -0.481 e. The van der Waals surface area contributed by atoms with Gasteiger partial charge in [0, 0.05) is 24.4 Å². The molecule has 2 unspecified atom stereocenters. The first kappa shape index (κ1) is 19.2. The van der Waals surface area contributed by atoms with E-state index in [2.05, 4.69) is 5.32 Å². The van der Waals surface area contributed by atoms with Crippen molar-refractivity contribution in [3.05, 3.63) is 0 Å². The van der Waals surface area contributed by atoms with Crippen molar-refractivity contribution in [1.29, 1.82) is 0 Å². The van der Waals surface area contributed by atoms with Gasteiger partial charge in [0.2, 0.25) is 0 Å². The molecule has 0 radical (unpaired) electrons. The summed E-state index contributed by atoms with van der Waals surface area (Å²) >= 11 is 1.75. The summed E-state index contributed by atoms with van der Waals surface area (Å²) in [5.41, 5.74) is 0. The fraction of sp³-hybridized carbons (Fsp3) is 0.867. The minimum absolute atomic E-state index is 0.0654. The molecule has 2 rings (SSSR count). The van der Waals surface area contributed by atoms with Crippen molar-refractivity contribution < 1.29 is 27.9 Å². The van der Waals surface area contributed by atoms with Gasteiger partial charge in [-0.15, -0.1) is 0 Å². The number of nitrogens with zero attached hydrogens (tertiary/aromatic N) is 1. The Hall–Kier alpha value is -1.12. The summed E-state index contributed by atoms with van der Waals surface area (Å²) in [7, 11) is 0. The van der Waals surface area contributed by atoms with Crippen LogP contribution in [0.5, 0.6) is 0 Å². The van der Waals surface area contributed by atoms with Crippen LogP contribution in [0.4, 0.5) is 18.0 Å². The van der Waals surface area contributed by atoms with Crippen LogP contribution in [-0.2, 0) is 4.79 Å². The lowest BCUT2D eigenvalue weighted by molar-refractivity contribution is -0.187. The van der Waals surface area contributed by atoms with E-state index in [1.165, 1.54) is 0 Å². The van der Waals surface area contributed by atoms with Crippen molar-refractivity contribution in [2.75, 3.05) is 18.8 Å². The number of hydrogen-bond acceptors (Lipinski definition) is 3. The van der Waals surface area contributed by atoms with Crippen molar-refractivity contribution >= 4 is 23.8 Å². The van der Waals surface area contributed by atoms with Gasteiger partial charge in [-0.05, 0) is 18.6 Å². The Labute approximate surface area is 143 Å². The molecule has 1 saturated carbocycles. The molecule has 1 aliphatic carbocycles. The molecule has 0 aromatic carbocycles. The lowest BCUT2D eigenvalue weighted by Crippen LogP contribution is -2.49. The molecule has 0 aromatic heterocycles. The van der Waals surface area contributed by atoms with Crippen molar-refractivity contribution in [2.24, 2.45) is 11.8 Å². The summed E-state index contributed by atoms with van der Waals surface area (Å²) in [5, 5.41) is 12.1. The van der Waals surface area contributed by atoms with Crippen LogP contribution in [0.2, 0.25) is 0 Å². The van der Waals surface area contributed by atoms with E-state index in [4.69, 9.17) is 5.11 Å². The Bertz CT molecular complexity index is 473. The van der Waals surface area contributed by atoms with Gasteiger partial charge in [0.25, 0.3) is 0 Å². The van der Waals surface area contributed by atoms with Gasteiger partial charge < -0.3 is 15.3 Å². The van der Waals surface area contributed by atoms with Crippen molar-refractivity contribution in [1.82, 2.24) is 10.2 Å². The highest BCUT2D eigenvalue weighted by atomic mass is 32.2. The Morgan fingerprint density at radius 3 is 2.46 bits per heavy atom. The van der Waals surface area contributed by atoms with E-state index in [-0.39, 0.29) is 11.3 Å². The van der Waals surface area contributed by atoms with Crippen molar-refractivity contribution in [3.8, 4) is 0 Å². The van der Waals surface area contributed by atoms with Crippen LogP contribution in [0.15, 0.2) is 0 Å². The van der Waals surface area contributed by atoms with Crippen LogP contribution >= 0.6 is 11.8 Å². The monoisotopic (exact) mass is 368 g/mol. The van der Waals surface area contributed by atoms with Gasteiger partial charge in [-0.2, -0.15) is 24.9 Å². The van der Waals surface area contributed by atoms with Gasteiger partial charge in [0.05, 0.1) is 11.8 Å². The zero-order chi connectivity index (χ0) is 17.9. The second kappa shape index (κ2) is 7.84. The Balaban J connectivity index is 2.00. The number of rotatable bonds is 4. The first-order chi connectivity index (χ1) is 11.2. The largest absolute Gasteiger partial charge is 0.481 e. The van der Waals surface area contributed by atoms with Crippen LogP contribution in [0, 0.1) is 11.8 Å². The van der Waals surface area contributed by atoms with Gasteiger partial charge >= 0.3 is 18.2 Å². The highest BCUT2D eigenvalue weighted by Crippen LogP contribution is 2.38. The molecule has 24 heavy (non-hydrogen) atoms. The van der Waals surface area contributed by atoms with Crippen LogP contribution < -0.4 is 5.32 Å². The summed E-state index contributed by atoms with van der Waals surface area (Å²) in [6, 6.07) is -0.647. The number of alkyl halides is 3. The lowest BCUT2D eigenvalue weighted by atomic mass is 9.95. The first-order valence-electron chi connectivity index (χ1n) is 8.20. The maximum Gasteiger partial charge on any atom is 0.394 e. The summed E-state index contributed by atoms with van der Waals surface area (Å²) in [6.45, 7) is 1.04. The number of amides is 2. The number of nitrogens with one attached hydrogen (secondary N) is 1. The third kappa shape index (κ3) is 4.49. The number of hydrogen-bond donors (Lipinski definition) is 2. The van der Waals surface area contributed by atoms with Crippen molar-refractivity contribution in [2.45, 2.75) is 50.1 Å². The van der Waals surface area contributed by atoms with Crippen LogP contribution in [0.3, 0.4) is 0 Å². The fourth-order valence-corrected chi connectivity index (χ4v) is 4.67. The molecule has 0 spiro atoms. The molecule has 1 heterocycles. The van der Waals surface area contributed by atoms with E-state index in [1.54, 1.807) is 11.8 Å². The third-order valence-corrected chi connectivity index (χ3v) is 6.06. The summed E-state index contributed by atoms with van der Waals surface area (Å²) < 4.78 is 39.0. The number of carboxylic acid groups (broad SMARTS) is 1. The zero-order valence-corrected chi connectivity index (χ0v) is 14.3. The minimum atomic E-state index is -4.62. The Kier molecular flexibility index (Phi) is 6.28. The molecule has 2 N–H and O–H groups in total. The normalized spacial score (nSPS) is 31.1. The topological polar surface area (TPSA) is 69.6 Å². The molecule has 2 fully saturated rings. The molecule has 1 aliphatic heterocycles. The molecule has 2 amide bonds. The fourth-order valence-electron chi connectivity index (χ4n) is 3.48. The number of carboxylic acids is 1. The molecule has 1 saturated heterocycles. The van der Waals surface area contributed by atoms with Crippen molar-refractivity contribution in [3.63, 3.8) is 0 Å². The first-order valence-corrected chi connectivity index (χ1v) is 9.25. The number of likely N-dealkylation sites (tertiary alicyclic amines) is 1. The predicted molar refractivity (Wildman–Crippen MR) is 85.0 cm³/mol. The molecule has 4 atom stereocenters. The second-order valence-electron chi connectivity index (χ2n) is 6.33. The third-order valence-electron chi connectivity index (χ3n) is 4.74. The second-order valence-corrected chi connectivity index (χ2v) is 7.85. The molecular formula is C15H23F3N2O3S. The predicted octanol–water partition coefficient (Wildman–Crippen LogP) is 2.96. The quantitative estimate of drug-likeness (QED) is 0.800. The van der Waals surface area contributed by atoms with Gasteiger partial charge in [-0.25, -0.2) is 4.79 Å². The highest BCUT2D eigenvalue weighted by Gasteiger charge is 2.53. The number of carbonyl (C=O) groups excluding carboxylic acids is 1. The molecule has 0 bridgehead atoms. The van der Waals surface area contributed by atoms with Gasteiger partial charge in [-0.1, -0.05) is 19.8 Å². The number of aliphatic carboxylic acids is 1. The maximum atomic E-state index is 13.0. The molecule has 138 valence electrons. The maximum absolute atomic E-state index is 13.0. The molecule has 0 aromatic rings. The molecule has 9 heteroatoms. The van der Waals surface area contributed by atoms with E-state index in [0.29, 0.717) is 0 Å². The van der Waals surface area contributed by atoms with E-state index < -0.39 is 43.1 Å². The standard InChI is InChI=1S/C15H23F3N2O3S/c1-2-24-12-6-4-3-5-11(12)19-14(23)20-7-9(13(21)22)10(8-20)15(16,17)18/h9-12H,2-8H2,1H3,(H,19,23)(H,21,22)/t9-,10-,11?,12?/m1/s1. The number of urea groups is 1. The number of thioether (sulfide) groups is 1. The molecule has 5 nitrogen and oxygen atoms in total. The lowest BCUT2D eigenvalue weighted by Gasteiger charge is -2.33. The average Bonchev–Trinajstić information content (AvgIpc) is 2.95. The van der Waals surface area contributed by atoms with Gasteiger partial charge in [0.1, 0.15) is 0 Å². The smallest absolute Gasteiger partial charge is 0.394 e. The molecular weight excluding hydrogens is 345 g/mol. The number of halogens is 3. The summed E-state index contributed by atoms with van der Waals surface area (Å²) in [4.78, 5) is 24.4. The van der Waals surface area contributed by atoms with Crippen LogP contribution in [-0.4, -0.2) is 58.3 Å². The summed E-state index contributed by atoms with van der Waals surface area (Å²) in [6.07, 6.45) is -0.766. The molecule has 2 aliphatic rings. The average molecular weight is 368 g/mol. The van der Waals surface area contributed by atoms with Gasteiger partial charge in [0.15, 0.2) is 0 Å². The van der Waals surface area contributed by atoms with Crippen LogP contribution in [0.1, 0.15) is 32.6 Å². The van der Waals surface area contributed by atoms with Gasteiger partial charge in [-0.3, -0.25) is 4.79 Å².